The normalized spacial score (nSPS) is 10.8. The minimum absolute atomic E-state index is 0.601. The Morgan fingerprint density at radius 3 is 2.86 bits per heavy atom. The van der Waals surface area contributed by atoms with Crippen LogP contribution in [0.2, 0.25) is 0 Å². The third kappa shape index (κ3) is 2.49. The van der Waals surface area contributed by atoms with Crippen LogP contribution in [0.25, 0.3) is 11.2 Å². The number of anilines is 2. The molecule has 0 unspecified atom stereocenters. The molecular formula is C14H16N6O. The second-order valence-electron chi connectivity index (χ2n) is 4.35. The van der Waals surface area contributed by atoms with Gasteiger partial charge in [-0.05, 0) is 26.0 Å². The zero-order chi connectivity index (χ0) is 14.7. The molecule has 0 aliphatic rings. The number of hydrogen-bond acceptors (Lipinski definition) is 6. The third-order valence-corrected chi connectivity index (χ3v) is 3.04. The maximum absolute atomic E-state index is 5.60. The van der Waals surface area contributed by atoms with Gasteiger partial charge in [0.15, 0.2) is 17.0 Å². The highest BCUT2D eigenvalue weighted by Crippen LogP contribution is 2.28. The minimum atomic E-state index is 0.601. The second kappa shape index (κ2) is 5.74. The zero-order valence-electron chi connectivity index (χ0n) is 11.9. The van der Waals surface area contributed by atoms with Gasteiger partial charge in [0, 0.05) is 6.54 Å². The first-order chi connectivity index (χ1) is 10.3. The summed E-state index contributed by atoms with van der Waals surface area (Å²) in [5.41, 5.74) is 2.19. The standard InChI is InChI=1S/C14H16N6O/c1-3-20-14-12(18-19-20)13(15-9-16-14)17-10-7-5-6-8-11(10)21-4-2/h5-9H,3-4H2,1-2H3,(H,15,16,17). The molecule has 1 N–H and O–H groups in total. The van der Waals surface area contributed by atoms with Crippen molar-refractivity contribution in [3.05, 3.63) is 30.6 Å². The molecule has 3 rings (SSSR count). The molecule has 0 fully saturated rings. The second-order valence-corrected chi connectivity index (χ2v) is 4.35. The molecule has 1 aromatic carbocycles. The van der Waals surface area contributed by atoms with Gasteiger partial charge < -0.3 is 10.1 Å². The summed E-state index contributed by atoms with van der Waals surface area (Å²) >= 11 is 0. The van der Waals surface area contributed by atoms with Crippen molar-refractivity contribution in [2.24, 2.45) is 0 Å². The summed E-state index contributed by atoms with van der Waals surface area (Å²) in [5.74, 6) is 1.39. The molecule has 0 spiro atoms. The summed E-state index contributed by atoms with van der Waals surface area (Å²) in [7, 11) is 0. The number of fused-ring (bicyclic) bond motifs is 1. The Morgan fingerprint density at radius 1 is 1.19 bits per heavy atom. The summed E-state index contributed by atoms with van der Waals surface area (Å²) in [4.78, 5) is 8.49. The summed E-state index contributed by atoms with van der Waals surface area (Å²) < 4.78 is 7.33. The predicted octanol–water partition coefficient (Wildman–Crippen LogP) is 2.38. The largest absolute Gasteiger partial charge is 0.492 e. The molecule has 7 nitrogen and oxygen atoms in total. The third-order valence-electron chi connectivity index (χ3n) is 3.04. The van der Waals surface area contributed by atoms with Crippen LogP contribution < -0.4 is 10.1 Å². The van der Waals surface area contributed by atoms with Crippen LogP contribution in [0.15, 0.2) is 30.6 Å². The summed E-state index contributed by atoms with van der Waals surface area (Å²) in [6, 6.07) is 7.71. The van der Waals surface area contributed by atoms with E-state index in [0.29, 0.717) is 30.1 Å². The van der Waals surface area contributed by atoms with Gasteiger partial charge in [-0.25, -0.2) is 14.6 Å². The molecule has 0 aliphatic carbocycles. The van der Waals surface area contributed by atoms with Crippen LogP contribution in [-0.2, 0) is 6.54 Å². The van der Waals surface area contributed by atoms with E-state index in [0.717, 1.165) is 11.4 Å². The lowest BCUT2D eigenvalue weighted by molar-refractivity contribution is 0.342. The SMILES string of the molecule is CCOc1ccccc1Nc1ncnc2c1nnn2CC. The van der Waals surface area contributed by atoms with Crippen LogP contribution in [0, 0.1) is 0 Å². The maximum atomic E-state index is 5.60. The molecule has 3 aromatic rings. The molecule has 0 radical (unpaired) electrons. The van der Waals surface area contributed by atoms with Crippen LogP contribution in [0.1, 0.15) is 13.8 Å². The molecule has 0 bridgehead atoms. The van der Waals surface area contributed by atoms with E-state index < -0.39 is 0 Å². The van der Waals surface area contributed by atoms with Gasteiger partial charge in [-0.3, -0.25) is 0 Å². The molecule has 0 saturated carbocycles. The van der Waals surface area contributed by atoms with Crippen LogP contribution in [0.4, 0.5) is 11.5 Å². The Bertz CT molecular complexity index is 754. The van der Waals surface area contributed by atoms with Crippen molar-refractivity contribution in [2.75, 3.05) is 11.9 Å². The number of aryl methyl sites for hydroxylation is 1. The van der Waals surface area contributed by atoms with Crippen molar-refractivity contribution in [3.63, 3.8) is 0 Å². The lowest BCUT2D eigenvalue weighted by atomic mass is 10.3. The Hall–Kier alpha value is -2.70. The van der Waals surface area contributed by atoms with E-state index in [2.05, 4.69) is 25.6 Å². The van der Waals surface area contributed by atoms with Crippen molar-refractivity contribution >= 4 is 22.7 Å². The van der Waals surface area contributed by atoms with E-state index in [4.69, 9.17) is 4.74 Å². The van der Waals surface area contributed by atoms with E-state index in [1.165, 1.54) is 6.33 Å². The lowest BCUT2D eigenvalue weighted by Gasteiger charge is -2.11. The van der Waals surface area contributed by atoms with E-state index in [-0.39, 0.29) is 0 Å². The molecule has 108 valence electrons. The molecule has 21 heavy (non-hydrogen) atoms. The molecule has 0 amide bonds. The zero-order valence-corrected chi connectivity index (χ0v) is 11.9. The first-order valence-corrected chi connectivity index (χ1v) is 6.86. The molecule has 2 aromatic heterocycles. The predicted molar refractivity (Wildman–Crippen MR) is 79.7 cm³/mol. The minimum Gasteiger partial charge on any atom is -0.492 e. The van der Waals surface area contributed by atoms with Crippen LogP contribution >= 0.6 is 0 Å². The molecule has 7 heteroatoms. The fraction of sp³-hybridized carbons (Fsp3) is 0.286. The number of ether oxygens (including phenoxy) is 1. The lowest BCUT2D eigenvalue weighted by Crippen LogP contribution is -2.01. The van der Waals surface area contributed by atoms with Gasteiger partial charge in [-0.2, -0.15) is 0 Å². The van der Waals surface area contributed by atoms with Crippen molar-refractivity contribution in [3.8, 4) is 5.75 Å². The van der Waals surface area contributed by atoms with E-state index >= 15 is 0 Å². The number of nitrogens with one attached hydrogen (secondary N) is 1. The Kier molecular flexibility index (Phi) is 3.63. The number of rotatable bonds is 5. The molecule has 0 atom stereocenters. The summed E-state index contributed by atoms with van der Waals surface area (Å²) in [6.07, 6.45) is 1.50. The van der Waals surface area contributed by atoms with E-state index in [9.17, 15) is 0 Å². The number of hydrogen-bond donors (Lipinski definition) is 1. The highest BCUT2D eigenvalue weighted by atomic mass is 16.5. The Morgan fingerprint density at radius 2 is 2.05 bits per heavy atom. The van der Waals surface area contributed by atoms with Gasteiger partial charge in [-0.1, -0.05) is 17.3 Å². The van der Waals surface area contributed by atoms with Gasteiger partial charge in [-0.15, -0.1) is 5.10 Å². The van der Waals surface area contributed by atoms with Crippen molar-refractivity contribution in [2.45, 2.75) is 20.4 Å². The first kappa shape index (κ1) is 13.3. The monoisotopic (exact) mass is 284 g/mol. The van der Waals surface area contributed by atoms with E-state index in [1.54, 1.807) is 4.68 Å². The van der Waals surface area contributed by atoms with Gasteiger partial charge >= 0.3 is 0 Å². The average molecular weight is 284 g/mol. The van der Waals surface area contributed by atoms with Crippen LogP contribution in [0.3, 0.4) is 0 Å². The van der Waals surface area contributed by atoms with Gasteiger partial charge in [0.1, 0.15) is 12.1 Å². The number of benzene rings is 1. The number of para-hydroxylation sites is 2. The highest BCUT2D eigenvalue weighted by Gasteiger charge is 2.12. The highest BCUT2D eigenvalue weighted by molar-refractivity contribution is 5.85. The number of nitrogens with zero attached hydrogens (tertiary/aromatic N) is 5. The van der Waals surface area contributed by atoms with Gasteiger partial charge in [0.25, 0.3) is 0 Å². The average Bonchev–Trinajstić information content (AvgIpc) is 2.94. The fourth-order valence-electron chi connectivity index (χ4n) is 2.07. The van der Waals surface area contributed by atoms with Crippen molar-refractivity contribution < 1.29 is 4.74 Å². The fourth-order valence-corrected chi connectivity index (χ4v) is 2.07. The summed E-state index contributed by atoms with van der Waals surface area (Å²) in [6.45, 7) is 5.26. The van der Waals surface area contributed by atoms with Gasteiger partial charge in [0.2, 0.25) is 0 Å². The Balaban J connectivity index is 2.00. The van der Waals surface area contributed by atoms with Gasteiger partial charge in [0.05, 0.1) is 12.3 Å². The van der Waals surface area contributed by atoms with Crippen LogP contribution in [-0.4, -0.2) is 31.6 Å². The molecule has 0 saturated heterocycles. The van der Waals surface area contributed by atoms with E-state index in [1.807, 2.05) is 38.1 Å². The quantitative estimate of drug-likeness (QED) is 0.775. The number of aromatic nitrogens is 5. The molecular weight excluding hydrogens is 268 g/mol. The topological polar surface area (TPSA) is 77.8 Å². The Labute approximate surface area is 122 Å². The molecule has 0 aliphatic heterocycles. The van der Waals surface area contributed by atoms with Crippen LogP contribution in [0.5, 0.6) is 5.75 Å². The van der Waals surface area contributed by atoms with Crippen molar-refractivity contribution in [1.29, 1.82) is 0 Å². The first-order valence-electron chi connectivity index (χ1n) is 6.86. The maximum Gasteiger partial charge on any atom is 0.183 e. The molecule has 2 heterocycles. The van der Waals surface area contributed by atoms with Crippen molar-refractivity contribution in [1.82, 2.24) is 25.0 Å². The smallest absolute Gasteiger partial charge is 0.183 e. The summed E-state index contributed by atoms with van der Waals surface area (Å²) in [5, 5.41) is 11.5.